The van der Waals surface area contributed by atoms with Crippen LogP contribution in [-0.4, -0.2) is 12.2 Å². The molecule has 0 aliphatic rings. The van der Waals surface area contributed by atoms with E-state index in [0.29, 0.717) is 0 Å². The van der Waals surface area contributed by atoms with E-state index in [2.05, 4.69) is 20.8 Å². The van der Waals surface area contributed by atoms with Gasteiger partial charge in [0.2, 0.25) is 0 Å². The second kappa shape index (κ2) is 4.01. The van der Waals surface area contributed by atoms with Crippen molar-refractivity contribution in [3.8, 4) is 5.75 Å². The lowest BCUT2D eigenvalue weighted by atomic mass is 9.86. The van der Waals surface area contributed by atoms with Gasteiger partial charge in [0.1, 0.15) is 12.4 Å². The predicted octanol–water partition coefficient (Wildman–Crippen LogP) is 2.88. The second-order valence-electron chi connectivity index (χ2n) is 4.37. The van der Waals surface area contributed by atoms with Crippen molar-refractivity contribution in [3.63, 3.8) is 0 Å². The Kier molecular flexibility index (Phi) is 3.17. The first-order chi connectivity index (χ1) is 6.47. The lowest BCUT2D eigenvalue weighted by Gasteiger charge is -2.20. The van der Waals surface area contributed by atoms with Crippen LogP contribution >= 0.6 is 0 Å². The summed E-state index contributed by atoms with van der Waals surface area (Å²) < 4.78 is 5.16. The lowest BCUT2D eigenvalue weighted by molar-refractivity contribution is 0.402. The third kappa shape index (κ3) is 2.48. The zero-order chi connectivity index (χ0) is 10.8. The Labute approximate surface area is 85.5 Å². The van der Waals surface area contributed by atoms with Gasteiger partial charge in [-0.15, -0.1) is 0 Å². The van der Waals surface area contributed by atoms with E-state index in [-0.39, 0.29) is 5.41 Å². The van der Waals surface area contributed by atoms with Gasteiger partial charge in [0, 0.05) is 0 Å². The molecule has 1 aromatic carbocycles. The minimum atomic E-state index is 0.0618. The maximum absolute atomic E-state index is 8.97. The number of hydrogen-bond acceptors (Lipinski definition) is 2. The van der Waals surface area contributed by atoms with Gasteiger partial charge in [-0.1, -0.05) is 26.8 Å². The van der Waals surface area contributed by atoms with Crippen LogP contribution in [0.2, 0.25) is 0 Å². The maximum Gasteiger partial charge on any atom is 0.119 e. The summed E-state index contributed by atoms with van der Waals surface area (Å²) in [7, 11) is 1.63. The van der Waals surface area contributed by atoms with Gasteiger partial charge in [-0.05, 0) is 28.7 Å². The van der Waals surface area contributed by atoms with Gasteiger partial charge < -0.3 is 9.84 Å². The highest BCUT2D eigenvalue weighted by Gasteiger charge is 2.15. The zero-order valence-corrected chi connectivity index (χ0v) is 9.16. The number of ether oxygens (including phenoxy) is 1. The summed E-state index contributed by atoms with van der Waals surface area (Å²) in [5.41, 5.74) is 1.98. The monoisotopic (exact) mass is 193 g/mol. The Balaban J connectivity index is 3.17. The molecule has 1 rings (SSSR count). The Hall–Kier alpha value is -1.02. The lowest BCUT2D eigenvalue weighted by Crippen LogP contribution is -2.11. The standard InChI is InChI=1S/C12H17O2/c1-12(2,3)10-5-9(8-13)6-11(7-10)14-4/h5-8,13H,1-4H3. The van der Waals surface area contributed by atoms with Crippen LogP contribution in [0.25, 0.3) is 0 Å². The largest absolute Gasteiger partial charge is 0.497 e. The molecule has 0 unspecified atom stereocenters. The Bertz CT molecular complexity index is 288. The van der Waals surface area contributed by atoms with Gasteiger partial charge >= 0.3 is 0 Å². The normalized spacial score (nSPS) is 11.5. The van der Waals surface area contributed by atoms with Gasteiger partial charge in [-0.2, -0.15) is 0 Å². The summed E-state index contributed by atoms with van der Waals surface area (Å²) >= 11 is 0. The Morgan fingerprint density at radius 2 is 1.86 bits per heavy atom. The summed E-state index contributed by atoms with van der Waals surface area (Å²) in [4.78, 5) is 0. The van der Waals surface area contributed by atoms with Crippen LogP contribution < -0.4 is 4.74 Å². The molecule has 0 atom stereocenters. The highest BCUT2D eigenvalue weighted by molar-refractivity contribution is 5.39. The van der Waals surface area contributed by atoms with Crippen molar-refractivity contribution in [1.29, 1.82) is 0 Å². The van der Waals surface area contributed by atoms with E-state index in [1.165, 1.54) is 0 Å². The number of aliphatic hydroxyl groups excluding tert-OH is 1. The first-order valence-corrected chi connectivity index (χ1v) is 4.64. The minimum absolute atomic E-state index is 0.0618. The highest BCUT2D eigenvalue weighted by atomic mass is 16.5. The van der Waals surface area contributed by atoms with E-state index in [9.17, 15) is 0 Å². The van der Waals surface area contributed by atoms with Gasteiger partial charge in [-0.3, -0.25) is 0 Å². The smallest absolute Gasteiger partial charge is 0.119 e. The molecule has 2 nitrogen and oxygen atoms in total. The van der Waals surface area contributed by atoms with Crippen LogP contribution in [0.3, 0.4) is 0 Å². The summed E-state index contributed by atoms with van der Waals surface area (Å²) in [5, 5.41) is 8.97. The van der Waals surface area contributed by atoms with Crippen molar-refractivity contribution in [3.05, 3.63) is 35.9 Å². The van der Waals surface area contributed by atoms with Crippen LogP contribution in [-0.2, 0) is 5.41 Å². The third-order valence-electron chi connectivity index (χ3n) is 2.18. The van der Waals surface area contributed by atoms with Crippen molar-refractivity contribution in [2.24, 2.45) is 0 Å². The van der Waals surface area contributed by atoms with Crippen molar-refractivity contribution in [1.82, 2.24) is 0 Å². The fourth-order valence-corrected chi connectivity index (χ4v) is 1.25. The average Bonchev–Trinajstić information content (AvgIpc) is 2.15. The van der Waals surface area contributed by atoms with E-state index in [1.807, 2.05) is 12.1 Å². The molecule has 0 aliphatic carbocycles. The quantitative estimate of drug-likeness (QED) is 0.782. The molecule has 14 heavy (non-hydrogen) atoms. The van der Waals surface area contributed by atoms with Crippen LogP contribution in [0.4, 0.5) is 0 Å². The minimum Gasteiger partial charge on any atom is -0.497 e. The highest BCUT2D eigenvalue weighted by Crippen LogP contribution is 2.27. The van der Waals surface area contributed by atoms with Gasteiger partial charge in [0.15, 0.2) is 0 Å². The Morgan fingerprint density at radius 3 is 2.29 bits per heavy atom. The van der Waals surface area contributed by atoms with E-state index in [1.54, 1.807) is 13.2 Å². The first kappa shape index (κ1) is 11.1. The molecule has 0 amide bonds. The molecule has 0 heterocycles. The summed E-state index contributed by atoms with van der Waals surface area (Å²) in [6.07, 6.45) is 0. The number of aliphatic hydroxyl groups is 1. The van der Waals surface area contributed by atoms with E-state index >= 15 is 0 Å². The molecular formula is C12H17O2. The van der Waals surface area contributed by atoms with Crippen LogP contribution in [0.1, 0.15) is 31.9 Å². The van der Waals surface area contributed by atoms with E-state index < -0.39 is 0 Å². The van der Waals surface area contributed by atoms with Crippen LogP contribution in [0, 0.1) is 6.61 Å². The molecule has 2 heteroatoms. The molecule has 1 aromatic rings. The van der Waals surface area contributed by atoms with Crippen molar-refractivity contribution < 1.29 is 9.84 Å². The second-order valence-corrected chi connectivity index (χ2v) is 4.37. The molecule has 0 saturated heterocycles. The van der Waals surface area contributed by atoms with Crippen molar-refractivity contribution >= 4 is 0 Å². The van der Waals surface area contributed by atoms with Gasteiger partial charge in [0.05, 0.1) is 7.11 Å². The molecule has 0 fully saturated rings. The molecule has 0 aromatic heterocycles. The third-order valence-corrected chi connectivity index (χ3v) is 2.18. The molecule has 77 valence electrons. The molecule has 0 saturated carbocycles. The van der Waals surface area contributed by atoms with Crippen molar-refractivity contribution in [2.45, 2.75) is 26.2 Å². The fraction of sp³-hybridized carbons (Fsp3) is 0.417. The number of rotatable bonds is 2. The fourth-order valence-electron chi connectivity index (χ4n) is 1.25. The molecule has 1 radical (unpaired) electrons. The number of methoxy groups -OCH3 is 1. The van der Waals surface area contributed by atoms with E-state index in [0.717, 1.165) is 23.5 Å². The van der Waals surface area contributed by atoms with Crippen LogP contribution in [0.5, 0.6) is 5.75 Å². The van der Waals surface area contributed by atoms with Gasteiger partial charge in [0.25, 0.3) is 0 Å². The summed E-state index contributed by atoms with van der Waals surface area (Å²) in [6, 6.07) is 5.75. The molecule has 0 spiro atoms. The number of hydrogen-bond donors (Lipinski definition) is 1. The van der Waals surface area contributed by atoms with Crippen LogP contribution in [0.15, 0.2) is 18.2 Å². The molecule has 1 N–H and O–H groups in total. The maximum atomic E-state index is 8.97. The molecule has 0 aliphatic heterocycles. The van der Waals surface area contributed by atoms with Gasteiger partial charge in [-0.25, -0.2) is 0 Å². The first-order valence-electron chi connectivity index (χ1n) is 4.64. The zero-order valence-electron chi connectivity index (χ0n) is 9.16. The van der Waals surface area contributed by atoms with Crippen molar-refractivity contribution in [2.75, 3.05) is 7.11 Å². The molecular weight excluding hydrogens is 176 g/mol. The Morgan fingerprint density at radius 1 is 1.21 bits per heavy atom. The average molecular weight is 193 g/mol. The van der Waals surface area contributed by atoms with E-state index in [4.69, 9.17) is 9.84 Å². The predicted molar refractivity (Wildman–Crippen MR) is 57.0 cm³/mol. The molecule has 0 bridgehead atoms. The topological polar surface area (TPSA) is 29.5 Å². The summed E-state index contributed by atoms with van der Waals surface area (Å²) in [5.74, 6) is 0.776. The summed E-state index contributed by atoms with van der Waals surface area (Å²) in [6.45, 7) is 7.48. The number of benzene rings is 1. The SMILES string of the molecule is COc1cc([CH]O)cc(C(C)(C)C)c1.